The maximum absolute atomic E-state index is 13.9. The van der Waals surface area contributed by atoms with Crippen LogP contribution in [0.4, 0.5) is 26.3 Å². The van der Waals surface area contributed by atoms with Gasteiger partial charge in [-0.3, -0.25) is 14.4 Å². The van der Waals surface area contributed by atoms with Gasteiger partial charge in [-0.15, -0.1) is 0 Å². The summed E-state index contributed by atoms with van der Waals surface area (Å²) in [5.74, 6) is -3.64. The lowest BCUT2D eigenvalue weighted by atomic mass is 9.73. The van der Waals surface area contributed by atoms with Gasteiger partial charge in [-0.1, -0.05) is 6.92 Å². The molecule has 4 aliphatic rings. The molecule has 0 bridgehead atoms. The predicted octanol–water partition coefficient (Wildman–Crippen LogP) is 3.82. The molecule has 3 heterocycles. The van der Waals surface area contributed by atoms with E-state index in [0.29, 0.717) is 5.56 Å². The number of nitrogens with zero attached hydrogens (tertiary/aromatic N) is 2. The summed E-state index contributed by atoms with van der Waals surface area (Å²) in [4.78, 5) is 40.9. The van der Waals surface area contributed by atoms with E-state index in [0.717, 1.165) is 17.0 Å². The van der Waals surface area contributed by atoms with Crippen molar-refractivity contribution < 1.29 is 45.5 Å². The fourth-order valence-electron chi connectivity index (χ4n) is 7.27. The standard InChI is InChI=1S/C26H29F6N3O4/c1-13-20-10-18-14(8-15(25(27,28)29)9-19(18)21(33)36)12-34(20)22(37)24(13)5-2-17(11-24)35(23(38)26(30,31)32)16-3-6-39-7-4-16/h8-9,13,16-17,20H,2-7,10-12H2,1H3,(H2,33,36)/t13?,17-,20?,24+/m1/s1. The molecule has 2 saturated heterocycles. The Hall–Kier alpha value is -2.83. The van der Waals surface area contributed by atoms with Crippen molar-refractivity contribution in [1.82, 2.24) is 9.80 Å². The Morgan fingerprint density at radius 2 is 1.74 bits per heavy atom. The van der Waals surface area contributed by atoms with E-state index < -0.39 is 53.3 Å². The third kappa shape index (κ3) is 4.55. The highest BCUT2D eigenvalue weighted by Crippen LogP contribution is 2.56. The van der Waals surface area contributed by atoms with Crippen LogP contribution < -0.4 is 5.73 Å². The quantitative estimate of drug-likeness (QED) is 0.569. The van der Waals surface area contributed by atoms with Crippen LogP contribution in [0.15, 0.2) is 12.1 Å². The van der Waals surface area contributed by atoms with Crippen LogP contribution in [-0.2, 0) is 33.5 Å². The number of alkyl halides is 6. The smallest absolute Gasteiger partial charge is 0.381 e. The zero-order valence-corrected chi connectivity index (χ0v) is 21.2. The second kappa shape index (κ2) is 9.38. The lowest BCUT2D eigenvalue weighted by molar-refractivity contribution is -0.192. The Bertz CT molecular complexity index is 1200. The molecule has 2 N–H and O–H groups in total. The molecule has 5 rings (SSSR count). The Morgan fingerprint density at radius 1 is 1.08 bits per heavy atom. The van der Waals surface area contributed by atoms with E-state index in [1.807, 2.05) is 6.92 Å². The van der Waals surface area contributed by atoms with Crippen LogP contribution >= 0.6 is 0 Å². The number of fused-ring (bicyclic) bond motifs is 2. The summed E-state index contributed by atoms with van der Waals surface area (Å²) in [6, 6.07) is -0.282. The number of nitrogens with two attached hydrogens (primary N) is 1. The largest absolute Gasteiger partial charge is 0.471 e. The average Bonchev–Trinajstić information content (AvgIpc) is 3.38. The fourth-order valence-corrected chi connectivity index (χ4v) is 7.27. The third-order valence-corrected chi connectivity index (χ3v) is 9.20. The van der Waals surface area contributed by atoms with Crippen LogP contribution in [0.1, 0.15) is 66.1 Å². The molecule has 3 fully saturated rings. The second-order valence-electron chi connectivity index (χ2n) is 11.1. The zero-order chi connectivity index (χ0) is 28.5. The minimum Gasteiger partial charge on any atom is -0.381 e. The predicted molar refractivity (Wildman–Crippen MR) is 124 cm³/mol. The monoisotopic (exact) mass is 561 g/mol. The maximum Gasteiger partial charge on any atom is 0.471 e. The van der Waals surface area contributed by atoms with E-state index in [2.05, 4.69) is 0 Å². The van der Waals surface area contributed by atoms with Gasteiger partial charge in [0, 0.05) is 43.4 Å². The van der Waals surface area contributed by atoms with Crippen molar-refractivity contribution in [3.63, 3.8) is 0 Å². The summed E-state index contributed by atoms with van der Waals surface area (Å²) in [5.41, 5.74) is 3.62. The van der Waals surface area contributed by atoms with Gasteiger partial charge in [0.1, 0.15) is 0 Å². The molecule has 0 radical (unpaired) electrons. The van der Waals surface area contributed by atoms with Crippen molar-refractivity contribution in [2.24, 2.45) is 17.1 Å². The Balaban J connectivity index is 1.46. The van der Waals surface area contributed by atoms with Crippen LogP contribution in [0, 0.1) is 11.3 Å². The van der Waals surface area contributed by atoms with Crippen molar-refractivity contribution >= 4 is 17.7 Å². The second-order valence-corrected chi connectivity index (χ2v) is 11.1. The number of benzene rings is 1. The highest BCUT2D eigenvalue weighted by Gasteiger charge is 2.62. The fraction of sp³-hybridized carbons (Fsp3) is 0.654. The van der Waals surface area contributed by atoms with Gasteiger partial charge in [-0.25, -0.2) is 0 Å². The number of primary amides is 1. The summed E-state index contributed by atoms with van der Waals surface area (Å²) in [7, 11) is 0. The molecule has 7 nitrogen and oxygen atoms in total. The van der Waals surface area contributed by atoms with Crippen molar-refractivity contribution in [2.75, 3.05) is 13.2 Å². The van der Waals surface area contributed by atoms with Crippen LogP contribution in [-0.4, -0.2) is 65.0 Å². The van der Waals surface area contributed by atoms with E-state index >= 15 is 0 Å². The molecular weight excluding hydrogens is 532 g/mol. The van der Waals surface area contributed by atoms with E-state index in [1.54, 1.807) is 0 Å². The first-order valence-corrected chi connectivity index (χ1v) is 13.0. The van der Waals surface area contributed by atoms with Gasteiger partial charge in [0.25, 0.3) is 0 Å². The van der Waals surface area contributed by atoms with Gasteiger partial charge in [-0.2, -0.15) is 26.3 Å². The Labute approximate surface area is 220 Å². The van der Waals surface area contributed by atoms with Gasteiger partial charge in [0.2, 0.25) is 11.8 Å². The number of hydrogen-bond acceptors (Lipinski definition) is 4. The van der Waals surface area contributed by atoms with Gasteiger partial charge in [0.15, 0.2) is 0 Å². The van der Waals surface area contributed by atoms with Crippen molar-refractivity contribution in [3.8, 4) is 0 Å². The summed E-state index contributed by atoms with van der Waals surface area (Å²) < 4.78 is 86.7. The molecule has 1 aromatic carbocycles. The molecule has 0 aromatic heterocycles. The number of carbonyl (C=O) groups excluding carboxylic acids is 3. The van der Waals surface area contributed by atoms with E-state index in [1.165, 1.54) is 4.90 Å². The molecule has 1 spiro atoms. The molecule has 3 aliphatic heterocycles. The number of rotatable bonds is 3. The minimum atomic E-state index is -5.07. The summed E-state index contributed by atoms with van der Waals surface area (Å²) >= 11 is 0. The summed E-state index contributed by atoms with van der Waals surface area (Å²) in [6.45, 7) is 2.12. The SMILES string of the molecule is CC1C2Cc3c(cc(C(F)(F)F)cc3C(N)=O)CN2C(=O)[C@]12CC[C@@H](N(C(=O)C(F)(F)F)C1CCOCC1)C2. The lowest BCUT2D eigenvalue weighted by Gasteiger charge is -2.39. The van der Waals surface area contributed by atoms with Crippen LogP contribution in [0.3, 0.4) is 0 Å². The zero-order valence-electron chi connectivity index (χ0n) is 21.2. The van der Waals surface area contributed by atoms with Crippen LogP contribution in [0.25, 0.3) is 0 Å². The number of halogens is 6. The normalized spacial score (nSPS) is 29.5. The molecule has 1 saturated carbocycles. The Kier molecular flexibility index (Phi) is 6.67. The van der Waals surface area contributed by atoms with Crippen LogP contribution in [0.5, 0.6) is 0 Å². The first kappa shape index (κ1) is 27.7. The molecule has 13 heteroatoms. The van der Waals surface area contributed by atoms with Gasteiger partial charge < -0.3 is 20.3 Å². The van der Waals surface area contributed by atoms with Gasteiger partial charge >= 0.3 is 18.3 Å². The van der Waals surface area contributed by atoms with Crippen molar-refractivity contribution in [2.45, 2.75) is 82.5 Å². The molecule has 1 aromatic rings. The van der Waals surface area contributed by atoms with Gasteiger partial charge in [0.05, 0.1) is 11.0 Å². The maximum atomic E-state index is 13.9. The molecule has 3 amide bonds. The van der Waals surface area contributed by atoms with Crippen molar-refractivity contribution in [1.29, 1.82) is 0 Å². The number of hydrogen-bond donors (Lipinski definition) is 1. The van der Waals surface area contributed by atoms with E-state index in [9.17, 15) is 40.7 Å². The molecular formula is C26H29F6N3O4. The van der Waals surface area contributed by atoms with Crippen LogP contribution in [0.2, 0.25) is 0 Å². The van der Waals surface area contributed by atoms with Crippen molar-refractivity contribution in [3.05, 3.63) is 34.4 Å². The third-order valence-electron chi connectivity index (χ3n) is 9.20. The summed E-state index contributed by atoms with van der Waals surface area (Å²) in [6.07, 6.45) is -8.68. The van der Waals surface area contributed by atoms with Gasteiger partial charge in [-0.05, 0) is 67.7 Å². The molecule has 214 valence electrons. The lowest BCUT2D eigenvalue weighted by Crippen LogP contribution is -2.53. The highest BCUT2D eigenvalue weighted by molar-refractivity contribution is 5.95. The molecule has 39 heavy (non-hydrogen) atoms. The number of carbonyl (C=O) groups is 3. The highest BCUT2D eigenvalue weighted by atomic mass is 19.4. The molecule has 1 aliphatic carbocycles. The van der Waals surface area contributed by atoms with E-state index in [4.69, 9.17) is 10.5 Å². The Morgan fingerprint density at radius 3 is 2.33 bits per heavy atom. The molecule has 2 unspecified atom stereocenters. The number of amides is 3. The van der Waals surface area contributed by atoms with E-state index in [-0.39, 0.29) is 81.2 Å². The number of ether oxygens (including phenoxy) is 1. The average molecular weight is 562 g/mol. The minimum absolute atomic E-state index is 0.0337. The topological polar surface area (TPSA) is 92.9 Å². The summed E-state index contributed by atoms with van der Waals surface area (Å²) in [5, 5.41) is 0. The first-order valence-electron chi connectivity index (χ1n) is 13.0. The molecule has 4 atom stereocenters. The first-order chi connectivity index (χ1) is 18.1.